The molecule has 3 rings (SSSR count). The van der Waals surface area contributed by atoms with Crippen LogP contribution in [-0.4, -0.2) is 19.3 Å². The Bertz CT molecular complexity index is 1080. The molecule has 144 valence electrons. The van der Waals surface area contributed by atoms with Crippen molar-refractivity contribution in [3.63, 3.8) is 0 Å². The predicted octanol–water partition coefficient (Wildman–Crippen LogP) is 3.43. The van der Waals surface area contributed by atoms with Crippen LogP contribution >= 0.6 is 0 Å². The van der Waals surface area contributed by atoms with Gasteiger partial charge in [0.15, 0.2) is 0 Å². The lowest BCUT2D eigenvalue weighted by atomic mass is 10.1. The number of anilines is 1. The average Bonchev–Trinajstić information content (AvgIpc) is 2.66. The van der Waals surface area contributed by atoms with E-state index in [0.29, 0.717) is 5.69 Å². The molecule has 3 aromatic rings. The van der Waals surface area contributed by atoms with E-state index in [1.165, 1.54) is 12.1 Å². The minimum Gasteiger partial charge on any atom is -0.346 e. The Morgan fingerprint density at radius 1 is 0.964 bits per heavy atom. The number of nitrogens with one attached hydrogen (secondary N) is 2. The molecule has 0 saturated carbocycles. The molecule has 1 aromatic heterocycles. The van der Waals surface area contributed by atoms with Gasteiger partial charge in [0.2, 0.25) is 0 Å². The van der Waals surface area contributed by atoms with Crippen LogP contribution in [0.25, 0.3) is 0 Å². The van der Waals surface area contributed by atoms with Crippen LogP contribution in [0.4, 0.5) is 5.69 Å². The Kier molecular flexibility index (Phi) is 5.75. The number of benzene rings is 2. The third-order valence-corrected chi connectivity index (χ3v) is 5.42. The fourth-order valence-corrected chi connectivity index (χ4v) is 3.91. The molecule has 0 unspecified atom stereocenters. The topological polar surface area (TPSA) is 88.2 Å². The number of hydrogen-bond donors (Lipinski definition) is 2. The molecule has 0 saturated heterocycles. The SMILES string of the molecule is Cc1cc(C)cc(NS(=O)(=O)c2cccc(C(=O)NCc3ccccn3)c2)c1. The van der Waals surface area contributed by atoms with Gasteiger partial charge < -0.3 is 5.32 Å². The summed E-state index contributed by atoms with van der Waals surface area (Å²) in [6.07, 6.45) is 1.65. The van der Waals surface area contributed by atoms with Gasteiger partial charge in [-0.25, -0.2) is 8.42 Å². The number of carbonyl (C=O) groups is 1. The molecule has 6 nitrogen and oxygen atoms in total. The molecule has 0 atom stereocenters. The molecule has 1 heterocycles. The third-order valence-electron chi connectivity index (χ3n) is 4.04. The summed E-state index contributed by atoms with van der Waals surface area (Å²) in [6.45, 7) is 4.06. The molecule has 7 heteroatoms. The number of carbonyl (C=O) groups excluding carboxylic acids is 1. The first-order valence-electron chi connectivity index (χ1n) is 8.73. The lowest BCUT2D eigenvalue weighted by Crippen LogP contribution is -2.23. The molecule has 28 heavy (non-hydrogen) atoms. The van der Waals surface area contributed by atoms with Gasteiger partial charge >= 0.3 is 0 Å². The Hall–Kier alpha value is -3.19. The molecule has 0 aliphatic carbocycles. The van der Waals surface area contributed by atoms with E-state index < -0.39 is 10.0 Å². The van der Waals surface area contributed by atoms with E-state index >= 15 is 0 Å². The Balaban J connectivity index is 1.76. The van der Waals surface area contributed by atoms with E-state index in [1.807, 2.05) is 26.0 Å². The second-order valence-electron chi connectivity index (χ2n) is 6.51. The summed E-state index contributed by atoms with van der Waals surface area (Å²) in [5.74, 6) is -0.367. The van der Waals surface area contributed by atoms with E-state index in [0.717, 1.165) is 16.8 Å². The zero-order valence-electron chi connectivity index (χ0n) is 15.6. The minimum atomic E-state index is -3.81. The monoisotopic (exact) mass is 395 g/mol. The van der Waals surface area contributed by atoms with Crippen LogP contribution in [0.2, 0.25) is 0 Å². The summed E-state index contributed by atoms with van der Waals surface area (Å²) in [4.78, 5) is 16.6. The number of hydrogen-bond acceptors (Lipinski definition) is 4. The first-order valence-corrected chi connectivity index (χ1v) is 10.2. The lowest BCUT2D eigenvalue weighted by molar-refractivity contribution is 0.0950. The number of aryl methyl sites for hydroxylation is 2. The van der Waals surface area contributed by atoms with Crippen molar-refractivity contribution in [1.29, 1.82) is 0 Å². The highest BCUT2D eigenvalue weighted by atomic mass is 32.2. The summed E-state index contributed by atoms with van der Waals surface area (Å²) in [7, 11) is -3.81. The van der Waals surface area contributed by atoms with Crippen molar-refractivity contribution in [3.8, 4) is 0 Å². The van der Waals surface area contributed by atoms with E-state index in [4.69, 9.17) is 0 Å². The smallest absolute Gasteiger partial charge is 0.261 e. The second-order valence-corrected chi connectivity index (χ2v) is 8.20. The largest absolute Gasteiger partial charge is 0.346 e. The van der Waals surface area contributed by atoms with Gasteiger partial charge in [0.25, 0.3) is 15.9 Å². The van der Waals surface area contributed by atoms with E-state index in [9.17, 15) is 13.2 Å². The van der Waals surface area contributed by atoms with Gasteiger partial charge in [0, 0.05) is 17.4 Å². The van der Waals surface area contributed by atoms with Gasteiger partial charge in [-0.15, -0.1) is 0 Å². The van der Waals surface area contributed by atoms with Gasteiger partial charge in [-0.1, -0.05) is 18.2 Å². The van der Waals surface area contributed by atoms with Crippen molar-refractivity contribution < 1.29 is 13.2 Å². The molecule has 0 spiro atoms. The van der Waals surface area contributed by atoms with Crippen LogP contribution in [-0.2, 0) is 16.6 Å². The van der Waals surface area contributed by atoms with Gasteiger partial charge in [-0.3, -0.25) is 14.5 Å². The fourth-order valence-electron chi connectivity index (χ4n) is 2.83. The summed E-state index contributed by atoms with van der Waals surface area (Å²) in [5.41, 5.74) is 3.39. The zero-order chi connectivity index (χ0) is 20.1. The quantitative estimate of drug-likeness (QED) is 0.669. The van der Waals surface area contributed by atoms with Crippen molar-refractivity contribution in [2.45, 2.75) is 25.3 Å². The van der Waals surface area contributed by atoms with Gasteiger partial charge in [-0.2, -0.15) is 0 Å². The second kappa shape index (κ2) is 8.22. The van der Waals surface area contributed by atoms with Gasteiger partial charge in [0.1, 0.15) is 0 Å². The summed E-state index contributed by atoms with van der Waals surface area (Å²) < 4.78 is 28.0. The molecule has 0 aliphatic heterocycles. The molecule has 0 radical (unpaired) electrons. The van der Waals surface area contributed by atoms with Crippen LogP contribution < -0.4 is 10.0 Å². The van der Waals surface area contributed by atoms with Crippen LogP contribution in [0.15, 0.2) is 71.8 Å². The number of pyridine rings is 1. The zero-order valence-corrected chi connectivity index (χ0v) is 16.5. The maximum Gasteiger partial charge on any atom is 0.261 e. The Morgan fingerprint density at radius 3 is 2.39 bits per heavy atom. The molecular weight excluding hydrogens is 374 g/mol. The molecule has 0 fully saturated rings. The number of rotatable bonds is 6. The van der Waals surface area contributed by atoms with Crippen LogP contribution in [0.1, 0.15) is 27.2 Å². The Labute approximate surface area is 164 Å². The molecule has 1 amide bonds. The van der Waals surface area contributed by atoms with Crippen molar-refractivity contribution in [2.75, 3.05) is 4.72 Å². The van der Waals surface area contributed by atoms with Crippen molar-refractivity contribution in [2.24, 2.45) is 0 Å². The molecule has 0 aliphatic rings. The lowest BCUT2D eigenvalue weighted by Gasteiger charge is -2.11. The number of sulfonamides is 1. The normalized spacial score (nSPS) is 11.1. The van der Waals surface area contributed by atoms with Crippen LogP contribution in [0.3, 0.4) is 0 Å². The van der Waals surface area contributed by atoms with Gasteiger partial charge in [0.05, 0.1) is 17.1 Å². The molecule has 2 aromatic carbocycles. The Morgan fingerprint density at radius 2 is 1.71 bits per heavy atom. The van der Waals surface area contributed by atoms with Crippen molar-refractivity contribution >= 4 is 21.6 Å². The predicted molar refractivity (Wildman–Crippen MR) is 109 cm³/mol. The minimum absolute atomic E-state index is 0.0251. The van der Waals surface area contributed by atoms with E-state index in [1.54, 1.807) is 42.6 Å². The molecular formula is C21H21N3O3S. The standard InChI is InChI=1S/C21H21N3O3S/c1-15-10-16(2)12-19(11-15)24-28(26,27)20-8-5-6-17(13-20)21(25)23-14-18-7-3-4-9-22-18/h3-13,24H,14H2,1-2H3,(H,23,25). The summed E-state index contributed by atoms with van der Waals surface area (Å²) in [5, 5.41) is 2.74. The maximum absolute atomic E-state index is 12.7. The highest BCUT2D eigenvalue weighted by Crippen LogP contribution is 2.19. The summed E-state index contributed by atoms with van der Waals surface area (Å²) in [6, 6.07) is 16.8. The maximum atomic E-state index is 12.7. The van der Waals surface area contributed by atoms with Crippen molar-refractivity contribution in [1.82, 2.24) is 10.3 Å². The fraction of sp³-hybridized carbons (Fsp3) is 0.143. The van der Waals surface area contributed by atoms with Crippen LogP contribution in [0.5, 0.6) is 0 Å². The first-order chi connectivity index (χ1) is 13.3. The first kappa shape index (κ1) is 19.6. The molecule has 0 bridgehead atoms. The van der Waals surface area contributed by atoms with Crippen molar-refractivity contribution in [3.05, 3.63) is 89.2 Å². The van der Waals surface area contributed by atoms with Gasteiger partial charge in [-0.05, 0) is 67.4 Å². The average molecular weight is 395 g/mol. The highest BCUT2D eigenvalue weighted by Gasteiger charge is 2.17. The van der Waals surface area contributed by atoms with E-state index in [-0.39, 0.29) is 22.9 Å². The third kappa shape index (κ3) is 4.95. The number of amides is 1. The summed E-state index contributed by atoms with van der Waals surface area (Å²) >= 11 is 0. The number of nitrogens with zero attached hydrogens (tertiary/aromatic N) is 1. The number of aromatic nitrogens is 1. The van der Waals surface area contributed by atoms with E-state index in [2.05, 4.69) is 15.0 Å². The van der Waals surface area contributed by atoms with Crippen LogP contribution in [0, 0.1) is 13.8 Å². The highest BCUT2D eigenvalue weighted by molar-refractivity contribution is 7.92. The molecule has 2 N–H and O–H groups in total.